The summed E-state index contributed by atoms with van der Waals surface area (Å²) in [5.74, 6) is 0.827. The molecule has 0 radical (unpaired) electrons. The van der Waals surface area contributed by atoms with Crippen molar-refractivity contribution in [2.75, 3.05) is 0 Å². The number of aromatic nitrogens is 6. The van der Waals surface area contributed by atoms with Crippen molar-refractivity contribution in [1.29, 1.82) is 5.41 Å². The standard InChI is InChI=1S/C19H21N7/c1-14-15(2)26(16-6-3-4-7-22-16)19-17(14)18(20)25(13-23-19)10-5-9-24-11-8-21-12-24/h3-4,6-8,11-13,20H,5,9-10H2,1-2H3. The number of rotatable bonds is 5. The Hall–Kier alpha value is -3.22. The Morgan fingerprint density at radius 1 is 1.04 bits per heavy atom. The van der Waals surface area contributed by atoms with E-state index in [-0.39, 0.29) is 0 Å². The lowest BCUT2D eigenvalue weighted by Gasteiger charge is -2.09. The lowest BCUT2D eigenvalue weighted by atomic mass is 10.2. The number of nitrogens with zero attached hydrogens (tertiary/aromatic N) is 6. The SMILES string of the molecule is Cc1c(C)n(-c2ccccn2)c2ncn(CCCn3ccnc3)c(=N)c12. The molecule has 7 nitrogen and oxygen atoms in total. The first-order valence-corrected chi connectivity index (χ1v) is 8.65. The minimum Gasteiger partial charge on any atom is -0.337 e. The average Bonchev–Trinajstić information content (AvgIpc) is 3.25. The molecule has 0 aliphatic heterocycles. The first-order chi connectivity index (χ1) is 12.7. The van der Waals surface area contributed by atoms with Gasteiger partial charge in [-0.25, -0.2) is 15.0 Å². The molecule has 0 saturated carbocycles. The van der Waals surface area contributed by atoms with Gasteiger partial charge < -0.3 is 9.13 Å². The molecule has 4 aromatic rings. The Balaban J connectivity index is 1.72. The van der Waals surface area contributed by atoms with E-state index >= 15 is 0 Å². The zero-order valence-corrected chi connectivity index (χ0v) is 14.9. The van der Waals surface area contributed by atoms with Gasteiger partial charge >= 0.3 is 0 Å². The first-order valence-electron chi connectivity index (χ1n) is 8.65. The van der Waals surface area contributed by atoms with Crippen LogP contribution >= 0.6 is 0 Å². The molecule has 0 saturated heterocycles. The number of imidazole rings is 1. The summed E-state index contributed by atoms with van der Waals surface area (Å²) >= 11 is 0. The molecule has 0 spiro atoms. The van der Waals surface area contributed by atoms with Crippen molar-refractivity contribution in [1.82, 2.24) is 28.7 Å². The van der Waals surface area contributed by atoms with Crippen LogP contribution in [0.15, 0.2) is 49.4 Å². The van der Waals surface area contributed by atoms with Gasteiger partial charge in [0, 0.05) is 37.4 Å². The number of hydrogen-bond acceptors (Lipinski definition) is 4. The van der Waals surface area contributed by atoms with E-state index in [1.165, 1.54) is 0 Å². The van der Waals surface area contributed by atoms with E-state index in [1.54, 1.807) is 18.7 Å². The van der Waals surface area contributed by atoms with E-state index in [0.29, 0.717) is 5.49 Å². The van der Waals surface area contributed by atoms with Crippen LogP contribution in [0.1, 0.15) is 17.7 Å². The van der Waals surface area contributed by atoms with Gasteiger partial charge in [0.2, 0.25) is 0 Å². The largest absolute Gasteiger partial charge is 0.337 e. The smallest absolute Gasteiger partial charge is 0.151 e. The highest BCUT2D eigenvalue weighted by Gasteiger charge is 2.16. The fourth-order valence-corrected chi connectivity index (χ4v) is 3.30. The highest BCUT2D eigenvalue weighted by Crippen LogP contribution is 2.23. The van der Waals surface area contributed by atoms with Crippen LogP contribution in [0.4, 0.5) is 0 Å². The quantitative estimate of drug-likeness (QED) is 0.603. The average molecular weight is 347 g/mol. The van der Waals surface area contributed by atoms with E-state index in [1.807, 2.05) is 51.3 Å². The number of nitrogens with one attached hydrogen (secondary N) is 1. The molecule has 132 valence electrons. The van der Waals surface area contributed by atoms with Crippen molar-refractivity contribution in [3.8, 4) is 5.82 Å². The van der Waals surface area contributed by atoms with Gasteiger partial charge in [-0.3, -0.25) is 9.98 Å². The summed E-state index contributed by atoms with van der Waals surface area (Å²) in [5, 5.41) is 9.56. The Morgan fingerprint density at radius 3 is 2.65 bits per heavy atom. The van der Waals surface area contributed by atoms with Crippen LogP contribution in [0.3, 0.4) is 0 Å². The molecule has 1 N–H and O–H groups in total. The summed E-state index contributed by atoms with van der Waals surface area (Å²) in [6.07, 6.45) is 10.00. The Bertz CT molecular complexity index is 1090. The van der Waals surface area contributed by atoms with Crippen molar-refractivity contribution in [3.63, 3.8) is 0 Å². The summed E-state index contributed by atoms with van der Waals surface area (Å²) in [5.41, 5.74) is 3.42. The van der Waals surface area contributed by atoms with E-state index in [9.17, 15) is 0 Å². The molecule has 0 bridgehead atoms. The Kier molecular flexibility index (Phi) is 4.12. The maximum atomic E-state index is 8.68. The molecule has 0 unspecified atom stereocenters. The molecular weight excluding hydrogens is 326 g/mol. The zero-order chi connectivity index (χ0) is 18.1. The van der Waals surface area contributed by atoms with Crippen molar-refractivity contribution < 1.29 is 0 Å². The number of hydrogen-bond donors (Lipinski definition) is 1. The van der Waals surface area contributed by atoms with Crippen LogP contribution < -0.4 is 5.49 Å². The van der Waals surface area contributed by atoms with Gasteiger partial charge in [0.1, 0.15) is 11.3 Å². The van der Waals surface area contributed by atoms with Gasteiger partial charge in [0.15, 0.2) is 5.65 Å². The van der Waals surface area contributed by atoms with Gasteiger partial charge in [0.25, 0.3) is 0 Å². The summed E-state index contributed by atoms with van der Waals surface area (Å²) in [6.45, 7) is 5.71. The predicted octanol–water partition coefficient (Wildman–Crippen LogP) is 2.61. The van der Waals surface area contributed by atoms with Crippen LogP contribution in [0, 0.1) is 19.3 Å². The summed E-state index contributed by atoms with van der Waals surface area (Å²) < 4.78 is 5.98. The Labute approximate surface area is 151 Å². The second-order valence-electron chi connectivity index (χ2n) is 6.37. The molecule has 26 heavy (non-hydrogen) atoms. The molecular formula is C19H21N7. The molecule has 0 amide bonds. The van der Waals surface area contributed by atoms with E-state index in [0.717, 1.165) is 47.6 Å². The molecule has 4 aromatic heterocycles. The maximum Gasteiger partial charge on any atom is 0.151 e. The number of aryl methyl sites for hydroxylation is 3. The highest BCUT2D eigenvalue weighted by atomic mass is 15.1. The highest BCUT2D eigenvalue weighted by molar-refractivity contribution is 5.82. The second kappa shape index (κ2) is 6.59. The van der Waals surface area contributed by atoms with Gasteiger partial charge in [-0.1, -0.05) is 6.07 Å². The monoisotopic (exact) mass is 347 g/mol. The fraction of sp³-hybridized carbons (Fsp3) is 0.263. The third kappa shape index (κ3) is 2.71. The minimum atomic E-state index is 0.496. The first kappa shape index (κ1) is 16.3. The lowest BCUT2D eigenvalue weighted by molar-refractivity contribution is 0.543. The normalized spacial score (nSPS) is 11.3. The second-order valence-corrected chi connectivity index (χ2v) is 6.37. The van der Waals surface area contributed by atoms with Crippen LogP contribution in [0.2, 0.25) is 0 Å². The zero-order valence-electron chi connectivity index (χ0n) is 14.9. The van der Waals surface area contributed by atoms with E-state index < -0.39 is 0 Å². The van der Waals surface area contributed by atoms with Crippen molar-refractivity contribution in [2.45, 2.75) is 33.4 Å². The molecule has 0 aliphatic carbocycles. The van der Waals surface area contributed by atoms with Gasteiger partial charge in [0.05, 0.1) is 18.0 Å². The number of pyridine rings is 1. The molecule has 4 rings (SSSR count). The van der Waals surface area contributed by atoms with E-state index in [2.05, 4.69) is 21.9 Å². The third-order valence-electron chi connectivity index (χ3n) is 4.78. The van der Waals surface area contributed by atoms with Gasteiger partial charge in [-0.15, -0.1) is 0 Å². The van der Waals surface area contributed by atoms with Crippen molar-refractivity contribution in [2.24, 2.45) is 0 Å². The fourth-order valence-electron chi connectivity index (χ4n) is 3.30. The summed E-state index contributed by atoms with van der Waals surface area (Å²) in [4.78, 5) is 13.2. The maximum absolute atomic E-state index is 8.68. The molecule has 7 heteroatoms. The molecule has 0 atom stereocenters. The van der Waals surface area contributed by atoms with Crippen LogP contribution in [0.5, 0.6) is 0 Å². The third-order valence-corrected chi connectivity index (χ3v) is 4.78. The lowest BCUT2D eigenvalue weighted by Crippen LogP contribution is -2.22. The van der Waals surface area contributed by atoms with Crippen molar-refractivity contribution in [3.05, 3.63) is 66.2 Å². The van der Waals surface area contributed by atoms with Gasteiger partial charge in [-0.05, 0) is 38.0 Å². The molecule has 0 aromatic carbocycles. The van der Waals surface area contributed by atoms with Gasteiger partial charge in [-0.2, -0.15) is 0 Å². The van der Waals surface area contributed by atoms with E-state index in [4.69, 9.17) is 5.41 Å². The van der Waals surface area contributed by atoms with Crippen LogP contribution in [-0.4, -0.2) is 28.7 Å². The molecule has 4 heterocycles. The number of fused-ring (bicyclic) bond motifs is 1. The predicted molar refractivity (Wildman–Crippen MR) is 99.0 cm³/mol. The van der Waals surface area contributed by atoms with Crippen LogP contribution in [-0.2, 0) is 13.1 Å². The minimum absolute atomic E-state index is 0.496. The molecule has 0 aliphatic rings. The Morgan fingerprint density at radius 2 is 1.92 bits per heavy atom. The summed E-state index contributed by atoms with van der Waals surface area (Å²) in [7, 11) is 0. The van der Waals surface area contributed by atoms with Crippen molar-refractivity contribution >= 4 is 11.0 Å². The topological polar surface area (TPSA) is 77.3 Å². The molecule has 0 fully saturated rings. The summed E-state index contributed by atoms with van der Waals surface area (Å²) in [6, 6.07) is 5.82. The van der Waals surface area contributed by atoms with Crippen LogP contribution in [0.25, 0.3) is 16.9 Å².